The monoisotopic (exact) mass is 225 g/mol. The molecular formula is C14H27NO. The second-order valence-electron chi connectivity index (χ2n) is 5.95. The Balaban J connectivity index is 1.87. The zero-order valence-electron chi connectivity index (χ0n) is 10.9. The van der Waals surface area contributed by atoms with Crippen molar-refractivity contribution in [3.8, 4) is 0 Å². The molecule has 0 aromatic rings. The van der Waals surface area contributed by atoms with Crippen molar-refractivity contribution in [1.82, 2.24) is 5.32 Å². The smallest absolute Gasteiger partial charge is 0.0810 e. The minimum absolute atomic E-state index is 0.174. The highest BCUT2D eigenvalue weighted by molar-refractivity contribution is 4.89. The average molecular weight is 225 g/mol. The lowest BCUT2D eigenvalue weighted by molar-refractivity contribution is -0.136. The molecule has 2 saturated carbocycles. The molecule has 2 aliphatic rings. The van der Waals surface area contributed by atoms with E-state index in [9.17, 15) is 0 Å². The van der Waals surface area contributed by atoms with Gasteiger partial charge in [-0.1, -0.05) is 33.1 Å². The van der Waals surface area contributed by atoms with Crippen LogP contribution in [0.2, 0.25) is 0 Å². The molecule has 2 heteroatoms. The Labute approximate surface area is 100 Å². The Kier molecular flexibility index (Phi) is 4.26. The second-order valence-corrected chi connectivity index (χ2v) is 5.95. The van der Waals surface area contributed by atoms with Crippen LogP contribution >= 0.6 is 0 Å². The van der Waals surface area contributed by atoms with Crippen molar-refractivity contribution in [2.75, 3.05) is 6.54 Å². The number of ether oxygens (including phenoxy) is 1. The van der Waals surface area contributed by atoms with Gasteiger partial charge in [0.15, 0.2) is 0 Å². The fourth-order valence-corrected chi connectivity index (χ4v) is 2.76. The molecule has 0 amide bonds. The molecule has 94 valence electrons. The fraction of sp³-hybridized carbons (Fsp3) is 1.00. The van der Waals surface area contributed by atoms with Gasteiger partial charge in [0.2, 0.25) is 0 Å². The summed E-state index contributed by atoms with van der Waals surface area (Å²) in [5, 5.41) is 3.58. The van der Waals surface area contributed by atoms with E-state index in [2.05, 4.69) is 19.2 Å². The van der Waals surface area contributed by atoms with E-state index in [4.69, 9.17) is 4.74 Å². The summed E-state index contributed by atoms with van der Waals surface area (Å²) in [7, 11) is 0. The lowest BCUT2D eigenvalue weighted by Gasteiger charge is -2.43. The van der Waals surface area contributed by atoms with Gasteiger partial charge in [-0.05, 0) is 32.1 Å². The van der Waals surface area contributed by atoms with Crippen molar-refractivity contribution < 1.29 is 4.74 Å². The Hall–Kier alpha value is -0.0800. The quantitative estimate of drug-likeness (QED) is 0.775. The fourth-order valence-electron chi connectivity index (χ4n) is 2.76. The van der Waals surface area contributed by atoms with Gasteiger partial charge in [-0.25, -0.2) is 0 Å². The van der Waals surface area contributed by atoms with Crippen LogP contribution in [0.5, 0.6) is 0 Å². The zero-order valence-corrected chi connectivity index (χ0v) is 10.9. The molecule has 2 aliphatic carbocycles. The summed E-state index contributed by atoms with van der Waals surface area (Å²) >= 11 is 0. The maximum Gasteiger partial charge on any atom is 0.0810 e. The third-order valence-electron chi connectivity index (χ3n) is 4.07. The van der Waals surface area contributed by atoms with Crippen molar-refractivity contribution >= 4 is 0 Å². The molecule has 0 aliphatic heterocycles. The standard InChI is InChI=1S/C14H27NO/c1-12(2)15-11-14(9-4-3-5-10-14)16-13-7-6-8-13/h12-13,15H,3-11H2,1-2H3. The second kappa shape index (κ2) is 5.50. The maximum absolute atomic E-state index is 6.40. The minimum Gasteiger partial charge on any atom is -0.370 e. The first-order chi connectivity index (χ1) is 7.70. The third-order valence-corrected chi connectivity index (χ3v) is 4.07. The van der Waals surface area contributed by atoms with E-state index < -0.39 is 0 Å². The SMILES string of the molecule is CC(C)NCC1(OC2CCC2)CCCCC1. The Morgan fingerprint density at radius 3 is 2.31 bits per heavy atom. The lowest BCUT2D eigenvalue weighted by atomic mass is 9.83. The van der Waals surface area contributed by atoms with Crippen LogP contribution in [0.4, 0.5) is 0 Å². The molecule has 2 fully saturated rings. The number of nitrogens with one attached hydrogen (secondary N) is 1. The van der Waals surface area contributed by atoms with E-state index in [0.717, 1.165) is 6.54 Å². The van der Waals surface area contributed by atoms with Crippen LogP contribution in [0.3, 0.4) is 0 Å². The number of hydrogen-bond acceptors (Lipinski definition) is 2. The molecule has 0 saturated heterocycles. The van der Waals surface area contributed by atoms with Crippen molar-refractivity contribution in [1.29, 1.82) is 0 Å². The van der Waals surface area contributed by atoms with E-state index >= 15 is 0 Å². The summed E-state index contributed by atoms with van der Waals surface area (Å²) < 4.78 is 6.40. The van der Waals surface area contributed by atoms with Crippen molar-refractivity contribution in [3.63, 3.8) is 0 Å². The Bertz CT molecular complexity index is 205. The molecule has 2 rings (SSSR count). The zero-order chi connectivity index (χ0) is 11.4. The highest BCUT2D eigenvalue weighted by atomic mass is 16.5. The van der Waals surface area contributed by atoms with E-state index in [1.165, 1.54) is 51.4 Å². The largest absolute Gasteiger partial charge is 0.370 e. The van der Waals surface area contributed by atoms with Gasteiger partial charge in [0.1, 0.15) is 0 Å². The first-order valence-electron chi connectivity index (χ1n) is 7.11. The van der Waals surface area contributed by atoms with Gasteiger partial charge < -0.3 is 10.1 Å². The molecule has 0 aromatic carbocycles. The van der Waals surface area contributed by atoms with E-state index in [0.29, 0.717) is 12.1 Å². The van der Waals surface area contributed by atoms with Crippen molar-refractivity contribution in [2.45, 2.75) is 83.0 Å². The van der Waals surface area contributed by atoms with E-state index in [1.54, 1.807) is 0 Å². The summed E-state index contributed by atoms with van der Waals surface area (Å²) in [6.45, 7) is 5.50. The molecule has 0 atom stereocenters. The van der Waals surface area contributed by atoms with Crippen LogP contribution in [-0.4, -0.2) is 24.3 Å². The summed E-state index contributed by atoms with van der Waals surface area (Å²) in [6, 6.07) is 0.573. The van der Waals surface area contributed by atoms with Crippen molar-refractivity contribution in [2.24, 2.45) is 0 Å². The van der Waals surface area contributed by atoms with Gasteiger partial charge in [-0.2, -0.15) is 0 Å². The van der Waals surface area contributed by atoms with Crippen LogP contribution in [0.15, 0.2) is 0 Å². The van der Waals surface area contributed by atoms with Gasteiger partial charge in [0, 0.05) is 12.6 Å². The van der Waals surface area contributed by atoms with Crippen molar-refractivity contribution in [3.05, 3.63) is 0 Å². The topological polar surface area (TPSA) is 21.3 Å². The van der Waals surface area contributed by atoms with E-state index in [1.807, 2.05) is 0 Å². The molecule has 0 radical (unpaired) electrons. The molecule has 1 N–H and O–H groups in total. The van der Waals surface area contributed by atoms with Gasteiger partial charge in [0.05, 0.1) is 11.7 Å². The molecular weight excluding hydrogens is 198 g/mol. The van der Waals surface area contributed by atoms with Crippen LogP contribution in [0.25, 0.3) is 0 Å². The first kappa shape index (κ1) is 12.4. The van der Waals surface area contributed by atoms with Gasteiger partial charge in [-0.3, -0.25) is 0 Å². The predicted molar refractivity (Wildman–Crippen MR) is 67.7 cm³/mol. The normalized spacial score (nSPS) is 25.7. The number of hydrogen-bond donors (Lipinski definition) is 1. The van der Waals surface area contributed by atoms with Crippen LogP contribution < -0.4 is 5.32 Å². The molecule has 0 aromatic heterocycles. The third kappa shape index (κ3) is 3.21. The van der Waals surface area contributed by atoms with E-state index in [-0.39, 0.29) is 5.60 Å². The molecule has 2 nitrogen and oxygen atoms in total. The molecule has 0 unspecified atom stereocenters. The molecule has 16 heavy (non-hydrogen) atoms. The highest BCUT2D eigenvalue weighted by Gasteiger charge is 2.36. The van der Waals surface area contributed by atoms with Crippen LogP contribution in [0, 0.1) is 0 Å². The maximum atomic E-state index is 6.40. The van der Waals surface area contributed by atoms with Crippen LogP contribution in [-0.2, 0) is 4.74 Å². The summed E-state index contributed by atoms with van der Waals surface area (Å²) in [5.74, 6) is 0. The summed E-state index contributed by atoms with van der Waals surface area (Å²) in [5.41, 5.74) is 0.174. The Morgan fingerprint density at radius 2 is 1.81 bits per heavy atom. The molecule has 0 bridgehead atoms. The minimum atomic E-state index is 0.174. The number of rotatable bonds is 5. The molecule has 0 spiro atoms. The van der Waals surface area contributed by atoms with Crippen LogP contribution in [0.1, 0.15) is 65.2 Å². The van der Waals surface area contributed by atoms with Gasteiger partial charge in [0.25, 0.3) is 0 Å². The van der Waals surface area contributed by atoms with Gasteiger partial charge in [-0.15, -0.1) is 0 Å². The lowest BCUT2D eigenvalue weighted by Crippen LogP contribution is -2.49. The first-order valence-corrected chi connectivity index (χ1v) is 7.11. The Morgan fingerprint density at radius 1 is 1.12 bits per heavy atom. The van der Waals surface area contributed by atoms with Gasteiger partial charge >= 0.3 is 0 Å². The summed E-state index contributed by atoms with van der Waals surface area (Å²) in [4.78, 5) is 0. The summed E-state index contributed by atoms with van der Waals surface area (Å²) in [6.07, 6.45) is 11.2. The predicted octanol–water partition coefficient (Wildman–Crippen LogP) is 3.26. The highest BCUT2D eigenvalue weighted by Crippen LogP contribution is 2.36. The molecule has 0 heterocycles. The average Bonchev–Trinajstić information content (AvgIpc) is 2.23.